The molecule has 7 nitrogen and oxygen atoms in total. The van der Waals surface area contributed by atoms with Crippen LogP contribution < -0.4 is 15.4 Å². The molecular weight excluding hydrogens is 306 g/mol. The van der Waals surface area contributed by atoms with Gasteiger partial charge in [-0.25, -0.2) is 4.79 Å². The lowest BCUT2D eigenvalue weighted by Gasteiger charge is -2.13. The highest BCUT2D eigenvalue weighted by Gasteiger charge is 2.29. The average Bonchev–Trinajstić information content (AvgIpc) is 2.84. The highest BCUT2D eigenvalue weighted by atomic mass is 32.2. The van der Waals surface area contributed by atoms with Gasteiger partial charge in [0.05, 0.1) is 12.3 Å². The third-order valence-electron chi connectivity index (χ3n) is 2.86. The molecule has 118 valence electrons. The van der Waals surface area contributed by atoms with E-state index in [1.54, 1.807) is 0 Å². The number of para-hydroxylation sites is 1. The molecule has 0 unspecified atom stereocenters. The Kier molecular flexibility index (Phi) is 6.08. The van der Waals surface area contributed by atoms with Crippen LogP contribution >= 0.6 is 11.8 Å². The third-order valence-corrected chi connectivity index (χ3v) is 3.72. The predicted molar refractivity (Wildman–Crippen MR) is 82.9 cm³/mol. The van der Waals surface area contributed by atoms with Crippen molar-refractivity contribution in [1.82, 2.24) is 15.5 Å². The summed E-state index contributed by atoms with van der Waals surface area (Å²) in [6, 6.07) is 8.95. The number of nitrogens with zero attached hydrogens (tertiary/aromatic N) is 1. The minimum atomic E-state index is -0.358. The summed E-state index contributed by atoms with van der Waals surface area (Å²) < 4.78 is 5.43. The quantitative estimate of drug-likeness (QED) is 0.733. The number of nitrogens with one attached hydrogen (secondary N) is 2. The first-order valence-corrected chi connectivity index (χ1v) is 7.82. The molecule has 2 rings (SSSR count). The van der Waals surface area contributed by atoms with E-state index in [4.69, 9.17) is 4.74 Å². The number of rotatable bonds is 7. The second kappa shape index (κ2) is 8.28. The summed E-state index contributed by atoms with van der Waals surface area (Å²) in [4.78, 5) is 35.3. The van der Waals surface area contributed by atoms with Gasteiger partial charge in [0.1, 0.15) is 12.4 Å². The Morgan fingerprint density at radius 3 is 2.59 bits per heavy atom. The van der Waals surface area contributed by atoms with Gasteiger partial charge in [-0.1, -0.05) is 30.0 Å². The number of benzene rings is 1. The summed E-state index contributed by atoms with van der Waals surface area (Å²) in [7, 11) is 0. The molecule has 1 aliphatic heterocycles. The SMILES string of the molecule is O=C(NCCOc1ccccc1)NCCN1C(=O)CSC1=O. The normalized spacial score (nSPS) is 14.1. The highest BCUT2D eigenvalue weighted by molar-refractivity contribution is 8.14. The largest absolute Gasteiger partial charge is 0.492 e. The van der Waals surface area contributed by atoms with Crippen LogP contribution in [0.4, 0.5) is 9.59 Å². The Morgan fingerprint density at radius 2 is 1.91 bits per heavy atom. The number of urea groups is 1. The topological polar surface area (TPSA) is 87.7 Å². The van der Waals surface area contributed by atoms with Gasteiger partial charge in [0.15, 0.2) is 0 Å². The maximum atomic E-state index is 11.5. The zero-order valence-electron chi connectivity index (χ0n) is 11.9. The van der Waals surface area contributed by atoms with Crippen molar-refractivity contribution in [2.75, 3.05) is 32.0 Å². The minimum absolute atomic E-state index is 0.182. The molecule has 1 aromatic rings. The number of ether oxygens (including phenoxy) is 1. The molecule has 1 aliphatic rings. The molecule has 0 radical (unpaired) electrons. The zero-order valence-corrected chi connectivity index (χ0v) is 12.7. The van der Waals surface area contributed by atoms with E-state index in [-0.39, 0.29) is 36.0 Å². The van der Waals surface area contributed by atoms with Crippen LogP contribution in [-0.2, 0) is 4.79 Å². The third kappa shape index (κ3) is 4.96. The van der Waals surface area contributed by atoms with Gasteiger partial charge in [0.25, 0.3) is 5.24 Å². The lowest BCUT2D eigenvalue weighted by molar-refractivity contribution is -0.124. The van der Waals surface area contributed by atoms with E-state index in [9.17, 15) is 14.4 Å². The lowest BCUT2D eigenvalue weighted by atomic mass is 10.3. The monoisotopic (exact) mass is 323 g/mol. The molecule has 1 heterocycles. The van der Waals surface area contributed by atoms with Gasteiger partial charge in [-0.15, -0.1) is 0 Å². The van der Waals surface area contributed by atoms with E-state index in [1.165, 1.54) is 0 Å². The van der Waals surface area contributed by atoms with Crippen molar-refractivity contribution < 1.29 is 19.1 Å². The standard InChI is InChI=1S/C14H17N3O4S/c18-12-10-22-14(20)17(12)8-6-15-13(19)16-7-9-21-11-4-2-1-3-5-11/h1-5H,6-10H2,(H2,15,16,19). The summed E-state index contributed by atoms with van der Waals surface area (Å²) in [5.74, 6) is 0.712. The van der Waals surface area contributed by atoms with Crippen molar-refractivity contribution in [1.29, 1.82) is 0 Å². The van der Waals surface area contributed by atoms with Gasteiger partial charge in [-0.3, -0.25) is 14.5 Å². The number of amides is 4. The van der Waals surface area contributed by atoms with Crippen LogP contribution in [0.2, 0.25) is 0 Å². The molecule has 1 fully saturated rings. The maximum absolute atomic E-state index is 11.5. The summed E-state index contributed by atoms with van der Waals surface area (Å²) in [6.07, 6.45) is 0. The zero-order chi connectivity index (χ0) is 15.8. The summed E-state index contributed by atoms with van der Waals surface area (Å²) in [5.41, 5.74) is 0. The first-order valence-electron chi connectivity index (χ1n) is 6.83. The van der Waals surface area contributed by atoms with Crippen LogP contribution in [0.3, 0.4) is 0 Å². The molecule has 22 heavy (non-hydrogen) atoms. The second-order valence-corrected chi connectivity index (χ2v) is 5.37. The van der Waals surface area contributed by atoms with Crippen LogP contribution in [-0.4, -0.2) is 54.1 Å². The van der Waals surface area contributed by atoms with Gasteiger partial charge in [0, 0.05) is 13.1 Å². The van der Waals surface area contributed by atoms with Crippen LogP contribution in [0.1, 0.15) is 0 Å². The molecule has 1 saturated heterocycles. The van der Waals surface area contributed by atoms with Gasteiger partial charge in [-0.05, 0) is 12.1 Å². The maximum Gasteiger partial charge on any atom is 0.314 e. The Bertz CT molecular complexity index is 522. The van der Waals surface area contributed by atoms with Crippen molar-refractivity contribution >= 4 is 28.9 Å². The number of thioether (sulfide) groups is 1. The molecule has 0 bridgehead atoms. The smallest absolute Gasteiger partial charge is 0.314 e. The molecule has 0 atom stereocenters. The first-order chi connectivity index (χ1) is 10.7. The van der Waals surface area contributed by atoms with Gasteiger partial charge >= 0.3 is 6.03 Å². The second-order valence-electron chi connectivity index (χ2n) is 4.44. The van der Waals surface area contributed by atoms with Crippen molar-refractivity contribution in [3.8, 4) is 5.75 Å². The van der Waals surface area contributed by atoms with Crippen LogP contribution in [0.5, 0.6) is 5.75 Å². The number of hydrogen-bond acceptors (Lipinski definition) is 5. The van der Waals surface area contributed by atoms with E-state index >= 15 is 0 Å². The Balaban J connectivity index is 1.54. The fourth-order valence-electron chi connectivity index (χ4n) is 1.79. The van der Waals surface area contributed by atoms with Crippen molar-refractivity contribution in [2.24, 2.45) is 0 Å². The molecule has 2 N–H and O–H groups in total. The van der Waals surface area contributed by atoms with E-state index in [2.05, 4.69) is 10.6 Å². The number of imide groups is 1. The fourth-order valence-corrected chi connectivity index (χ4v) is 2.54. The summed E-state index contributed by atoms with van der Waals surface area (Å²) in [6.45, 7) is 1.14. The minimum Gasteiger partial charge on any atom is -0.492 e. The fraction of sp³-hybridized carbons (Fsp3) is 0.357. The van der Waals surface area contributed by atoms with Crippen molar-refractivity contribution in [3.05, 3.63) is 30.3 Å². The van der Waals surface area contributed by atoms with Crippen LogP contribution in [0.25, 0.3) is 0 Å². The van der Waals surface area contributed by atoms with Crippen molar-refractivity contribution in [2.45, 2.75) is 0 Å². The highest BCUT2D eigenvalue weighted by Crippen LogP contribution is 2.17. The summed E-state index contributed by atoms with van der Waals surface area (Å²) in [5, 5.41) is 4.96. The van der Waals surface area contributed by atoms with Gasteiger partial charge < -0.3 is 15.4 Å². The van der Waals surface area contributed by atoms with E-state index in [0.29, 0.717) is 13.2 Å². The molecule has 0 aromatic heterocycles. The Hall–Kier alpha value is -2.22. The molecule has 4 amide bonds. The van der Waals surface area contributed by atoms with Crippen LogP contribution in [0, 0.1) is 0 Å². The molecule has 0 aliphatic carbocycles. The van der Waals surface area contributed by atoms with E-state index in [0.717, 1.165) is 22.4 Å². The van der Waals surface area contributed by atoms with Crippen molar-refractivity contribution in [3.63, 3.8) is 0 Å². The van der Waals surface area contributed by atoms with Gasteiger partial charge in [0.2, 0.25) is 5.91 Å². The Labute approximate surface area is 132 Å². The first kappa shape index (κ1) is 16.2. The molecule has 0 saturated carbocycles. The lowest BCUT2D eigenvalue weighted by Crippen LogP contribution is -2.42. The van der Waals surface area contributed by atoms with Gasteiger partial charge in [-0.2, -0.15) is 0 Å². The molecule has 0 spiro atoms. The summed E-state index contributed by atoms with van der Waals surface area (Å²) >= 11 is 0.980. The molecule has 1 aromatic carbocycles. The Morgan fingerprint density at radius 1 is 1.18 bits per heavy atom. The van der Waals surface area contributed by atoms with E-state index < -0.39 is 0 Å². The number of hydrogen-bond donors (Lipinski definition) is 2. The predicted octanol–water partition coefficient (Wildman–Crippen LogP) is 1.06. The number of carbonyl (C=O) groups excluding carboxylic acids is 3. The van der Waals surface area contributed by atoms with E-state index in [1.807, 2.05) is 30.3 Å². The molecule has 8 heteroatoms. The average molecular weight is 323 g/mol. The van der Waals surface area contributed by atoms with Crippen LogP contribution in [0.15, 0.2) is 30.3 Å². The molecular formula is C14H17N3O4S. The number of carbonyl (C=O) groups is 3.